The Kier molecular flexibility index (Phi) is 3.80. The summed E-state index contributed by atoms with van der Waals surface area (Å²) in [6, 6.07) is 10.3. The number of rotatable bonds is 3. The number of carbonyl (C=O) groups excluding carboxylic acids is 1. The Hall–Kier alpha value is -3.15. The maximum absolute atomic E-state index is 12.5. The Morgan fingerprint density at radius 2 is 2.09 bits per heavy atom. The van der Waals surface area contributed by atoms with Crippen molar-refractivity contribution in [2.45, 2.75) is 0 Å². The molecule has 3 rings (SSSR count). The Morgan fingerprint density at radius 3 is 2.78 bits per heavy atom. The summed E-state index contributed by atoms with van der Waals surface area (Å²) in [5, 5.41) is 3.92. The predicted molar refractivity (Wildman–Crippen MR) is 87.9 cm³/mol. The molecule has 0 radical (unpaired) electrons. The van der Waals surface area contributed by atoms with Crippen molar-refractivity contribution < 1.29 is 9.53 Å². The van der Waals surface area contributed by atoms with E-state index >= 15 is 0 Å². The summed E-state index contributed by atoms with van der Waals surface area (Å²) in [5.41, 5.74) is 0.594. The van der Waals surface area contributed by atoms with Gasteiger partial charge in [0, 0.05) is 18.6 Å². The van der Waals surface area contributed by atoms with E-state index in [2.05, 4.69) is 10.3 Å². The largest absolute Gasteiger partial charge is 0.497 e. The second-order valence-electron chi connectivity index (χ2n) is 5.04. The number of nitrogens with one attached hydrogen (secondary N) is 1. The number of carbonyl (C=O) groups is 1. The molecule has 0 unspecified atom stereocenters. The molecule has 2 aromatic heterocycles. The molecule has 6 nitrogen and oxygen atoms in total. The first-order valence-electron chi connectivity index (χ1n) is 6.99. The number of pyridine rings is 2. The van der Waals surface area contributed by atoms with Gasteiger partial charge in [0.05, 0.1) is 19.0 Å². The summed E-state index contributed by atoms with van der Waals surface area (Å²) in [4.78, 5) is 28.8. The normalized spacial score (nSPS) is 10.5. The lowest BCUT2D eigenvalue weighted by atomic mass is 10.1. The fourth-order valence-corrected chi connectivity index (χ4v) is 2.37. The van der Waals surface area contributed by atoms with Crippen LogP contribution >= 0.6 is 0 Å². The van der Waals surface area contributed by atoms with Crippen LogP contribution in [0.25, 0.3) is 10.8 Å². The van der Waals surface area contributed by atoms with E-state index in [0.29, 0.717) is 22.2 Å². The summed E-state index contributed by atoms with van der Waals surface area (Å²) in [6.07, 6.45) is 3.16. The van der Waals surface area contributed by atoms with Crippen LogP contribution < -0.4 is 15.6 Å². The second kappa shape index (κ2) is 5.92. The first-order valence-corrected chi connectivity index (χ1v) is 6.99. The highest BCUT2D eigenvalue weighted by atomic mass is 16.5. The molecule has 3 aromatic rings. The minimum Gasteiger partial charge on any atom is -0.497 e. The molecule has 6 heteroatoms. The zero-order valence-electron chi connectivity index (χ0n) is 12.7. The Balaban J connectivity index is 2.08. The number of fused-ring (bicyclic) bond motifs is 1. The van der Waals surface area contributed by atoms with E-state index in [9.17, 15) is 9.59 Å². The number of aromatic nitrogens is 2. The molecular weight excluding hydrogens is 294 g/mol. The van der Waals surface area contributed by atoms with Crippen molar-refractivity contribution in [1.29, 1.82) is 0 Å². The van der Waals surface area contributed by atoms with Gasteiger partial charge in [-0.1, -0.05) is 0 Å². The van der Waals surface area contributed by atoms with Gasteiger partial charge >= 0.3 is 0 Å². The van der Waals surface area contributed by atoms with Gasteiger partial charge in [0.2, 0.25) is 0 Å². The van der Waals surface area contributed by atoms with Gasteiger partial charge in [-0.25, -0.2) is 0 Å². The van der Waals surface area contributed by atoms with Crippen molar-refractivity contribution in [3.8, 4) is 5.75 Å². The van der Waals surface area contributed by atoms with Crippen LogP contribution in [0.2, 0.25) is 0 Å². The smallest absolute Gasteiger partial charge is 0.272 e. The molecular formula is C17H15N3O3. The molecule has 0 saturated carbocycles. The molecule has 1 amide bonds. The van der Waals surface area contributed by atoms with E-state index in [1.165, 1.54) is 4.57 Å². The monoisotopic (exact) mass is 309 g/mol. The van der Waals surface area contributed by atoms with Gasteiger partial charge < -0.3 is 14.6 Å². The number of amides is 1. The van der Waals surface area contributed by atoms with E-state index in [1.54, 1.807) is 62.9 Å². The van der Waals surface area contributed by atoms with Crippen molar-refractivity contribution in [3.05, 3.63) is 64.8 Å². The summed E-state index contributed by atoms with van der Waals surface area (Å²) in [6.45, 7) is 0. The number of hydrogen-bond acceptors (Lipinski definition) is 4. The first kappa shape index (κ1) is 14.8. The van der Waals surface area contributed by atoms with Gasteiger partial charge in [-0.2, -0.15) is 0 Å². The zero-order chi connectivity index (χ0) is 16.4. The minimum atomic E-state index is -0.373. The van der Waals surface area contributed by atoms with Crippen molar-refractivity contribution in [2.24, 2.45) is 7.05 Å². The Labute approximate surface area is 132 Å². The third kappa shape index (κ3) is 2.78. The summed E-state index contributed by atoms with van der Waals surface area (Å²) >= 11 is 0. The number of nitrogens with zero attached hydrogens (tertiary/aromatic N) is 2. The fourth-order valence-electron chi connectivity index (χ4n) is 2.37. The molecule has 116 valence electrons. The highest BCUT2D eigenvalue weighted by molar-refractivity contribution is 6.05. The SMILES string of the molecule is COc1ccc2c(=O)n(C)c(C(=O)Nc3cccnc3)cc2c1. The third-order valence-corrected chi connectivity index (χ3v) is 3.60. The number of methoxy groups -OCH3 is 1. The van der Waals surface area contributed by atoms with Crippen LogP contribution in [0.3, 0.4) is 0 Å². The molecule has 1 aromatic carbocycles. The van der Waals surface area contributed by atoms with Crippen LogP contribution in [-0.2, 0) is 7.05 Å². The van der Waals surface area contributed by atoms with Crippen molar-refractivity contribution in [3.63, 3.8) is 0 Å². The quantitative estimate of drug-likeness (QED) is 0.805. The maximum atomic E-state index is 12.5. The van der Waals surface area contributed by atoms with Crippen molar-refractivity contribution in [1.82, 2.24) is 9.55 Å². The average Bonchev–Trinajstić information content (AvgIpc) is 2.58. The molecule has 2 heterocycles. The topological polar surface area (TPSA) is 73.2 Å². The van der Waals surface area contributed by atoms with Gasteiger partial charge in [0.1, 0.15) is 11.4 Å². The lowest BCUT2D eigenvalue weighted by Crippen LogP contribution is -2.26. The van der Waals surface area contributed by atoms with Gasteiger partial charge in [0.25, 0.3) is 11.5 Å². The molecule has 0 aliphatic carbocycles. The van der Waals surface area contributed by atoms with Crippen molar-refractivity contribution in [2.75, 3.05) is 12.4 Å². The molecule has 0 spiro atoms. The van der Waals surface area contributed by atoms with E-state index in [-0.39, 0.29) is 17.2 Å². The van der Waals surface area contributed by atoms with E-state index < -0.39 is 0 Å². The molecule has 0 aliphatic heterocycles. The van der Waals surface area contributed by atoms with Gasteiger partial charge in [-0.15, -0.1) is 0 Å². The summed E-state index contributed by atoms with van der Waals surface area (Å²) in [5.74, 6) is 0.256. The van der Waals surface area contributed by atoms with Crippen LogP contribution in [0.5, 0.6) is 5.75 Å². The lowest BCUT2D eigenvalue weighted by molar-refractivity contribution is 0.101. The van der Waals surface area contributed by atoms with Gasteiger partial charge in [0.15, 0.2) is 0 Å². The van der Waals surface area contributed by atoms with Gasteiger partial charge in [-0.05, 0) is 41.8 Å². The van der Waals surface area contributed by atoms with Crippen molar-refractivity contribution >= 4 is 22.4 Å². The fraction of sp³-hybridized carbons (Fsp3) is 0.118. The highest BCUT2D eigenvalue weighted by Gasteiger charge is 2.14. The zero-order valence-corrected chi connectivity index (χ0v) is 12.7. The standard InChI is InChI=1S/C17H15N3O3/c1-20-15(16(21)19-12-4-3-7-18-10-12)9-11-8-13(23-2)5-6-14(11)17(20)22/h3-10H,1-2H3,(H,19,21). The van der Waals surface area contributed by atoms with E-state index in [0.717, 1.165) is 0 Å². The molecule has 0 fully saturated rings. The van der Waals surface area contributed by atoms with E-state index in [1.807, 2.05) is 0 Å². The van der Waals surface area contributed by atoms with Crippen LogP contribution in [0.1, 0.15) is 10.5 Å². The van der Waals surface area contributed by atoms with Crippen LogP contribution in [0.4, 0.5) is 5.69 Å². The Morgan fingerprint density at radius 1 is 1.26 bits per heavy atom. The van der Waals surface area contributed by atoms with Crippen LogP contribution in [0, 0.1) is 0 Å². The molecule has 0 aliphatic rings. The minimum absolute atomic E-state index is 0.235. The first-order chi connectivity index (χ1) is 11.1. The van der Waals surface area contributed by atoms with E-state index in [4.69, 9.17) is 4.74 Å². The molecule has 0 atom stereocenters. The second-order valence-corrected chi connectivity index (χ2v) is 5.04. The summed E-state index contributed by atoms with van der Waals surface area (Å²) < 4.78 is 6.50. The molecule has 1 N–H and O–H groups in total. The summed E-state index contributed by atoms with van der Waals surface area (Å²) in [7, 11) is 3.13. The average molecular weight is 309 g/mol. The number of anilines is 1. The number of ether oxygens (including phenoxy) is 1. The van der Waals surface area contributed by atoms with Crippen LogP contribution in [-0.4, -0.2) is 22.6 Å². The molecule has 0 bridgehead atoms. The Bertz CT molecular complexity index is 933. The third-order valence-electron chi connectivity index (χ3n) is 3.60. The maximum Gasteiger partial charge on any atom is 0.272 e. The lowest BCUT2D eigenvalue weighted by Gasteiger charge is -2.11. The molecule has 0 saturated heterocycles. The predicted octanol–water partition coefficient (Wildman–Crippen LogP) is 2.19. The van der Waals surface area contributed by atoms with Gasteiger partial charge in [-0.3, -0.25) is 14.6 Å². The van der Waals surface area contributed by atoms with Crippen LogP contribution in [0.15, 0.2) is 53.6 Å². The number of benzene rings is 1. The molecule has 23 heavy (non-hydrogen) atoms. The number of hydrogen-bond donors (Lipinski definition) is 1. The highest BCUT2D eigenvalue weighted by Crippen LogP contribution is 2.19.